The monoisotopic (exact) mass is 261 g/mol. The first-order valence-electron chi connectivity index (χ1n) is 7.45. The van der Waals surface area contributed by atoms with E-state index in [4.69, 9.17) is 10.5 Å². The smallest absolute Gasteiger partial charge is 0.0598 e. The van der Waals surface area contributed by atoms with Crippen LogP contribution in [0.15, 0.2) is 24.3 Å². The van der Waals surface area contributed by atoms with Crippen molar-refractivity contribution in [2.45, 2.75) is 58.1 Å². The number of aryl methyl sites for hydroxylation is 1. The highest BCUT2D eigenvalue weighted by atomic mass is 16.5. The quantitative estimate of drug-likeness (QED) is 0.839. The standard InChI is InChI=1S/C17H27NO/c1-17(2,3)19-12-11-14-9-6-8-13-7-4-5-10-15(13)16(14)18/h4-5,7,10,14,16H,6,8-9,11-12,18H2,1-3H3. The van der Waals surface area contributed by atoms with Crippen LogP contribution in [0.25, 0.3) is 0 Å². The van der Waals surface area contributed by atoms with Gasteiger partial charge in [-0.25, -0.2) is 0 Å². The Morgan fingerprint density at radius 2 is 2.00 bits per heavy atom. The number of hydrogen-bond donors (Lipinski definition) is 1. The van der Waals surface area contributed by atoms with E-state index in [1.165, 1.54) is 30.4 Å². The highest BCUT2D eigenvalue weighted by Crippen LogP contribution is 2.33. The fraction of sp³-hybridized carbons (Fsp3) is 0.647. The molecule has 1 aromatic rings. The lowest BCUT2D eigenvalue weighted by Gasteiger charge is -2.25. The summed E-state index contributed by atoms with van der Waals surface area (Å²) in [4.78, 5) is 0. The maximum Gasteiger partial charge on any atom is 0.0598 e. The van der Waals surface area contributed by atoms with Gasteiger partial charge in [-0.3, -0.25) is 0 Å². The number of hydrogen-bond acceptors (Lipinski definition) is 2. The number of fused-ring (bicyclic) bond motifs is 1. The molecule has 1 aliphatic carbocycles. The van der Waals surface area contributed by atoms with Crippen molar-refractivity contribution in [3.8, 4) is 0 Å². The SMILES string of the molecule is CC(C)(C)OCCC1CCCc2ccccc2C1N. The van der Waals surface area contributed by atoms with E-state index in [1.54, 1.807) is 0 Å². The number of nitrogens with two attached hydrogens (primary N) is 1. The van der Waals surface area contributed by atoms with E-state index >= 15 is 0 Å². The van der Waals surface area contributed by atoms with Crippen LogP contribution >= 0.6 is 0 Å². The van der Waals surface area contributed by atoms with Gasteiger partial charge in [-0.1, -0.05) is 24.3 Å². The molecule has 0 radical (unpaired) electrons. The zero-order valence-electron chi connectivity index (χ0n) is 12.5. The van der Waals surface area contributed by atoms with Crippen molar-refractivity contribution in [1.82, 2.24) is 0 Å². The van der Waals surface area contributed by atoms with Crippen LogP contribution in [0.3, 0.4) is 0 Å². The van der Waals surface area contributed by atoms with Gasteiger partial charge in [0.25, 0.3) is 0 Å². The number of ether oxygens (including phenoxy) is 1. The molecule has 2 N–H and O–H groups in total. The normalized spacial score (nSPS) is 23.8. The molecule has 1 aromatic carbocycles. The summed E-state index contributed by atoms with van der Waals surface area (Å²) in [5.41, 5.74) is 9.22. The van der Waals surface area contributed by atoms with Gasteiger partial charge in [-0.15, -0.1) is 0 Å². The van der Waals surface area contributed by atoms with Gasteiger partial charge >= 0.3 is 0 Å². The predicted molar refractivity (Wildman–Crippen MR) is 80.1 cm³/mol. The Labute approximate surface area is 117 Å². The molecular formula is C17H27NO. The van der Waals surface area contributed by atoms with E-state index in [1.807, 2.05) is 0 Å². The molecule has 2 unspecified atom stereocenters. The highest BCUT2D eigenvalue weighted by molar-refractivity contribution is 5.31. The summed E-state index contributed by atoms with van der Waals surface area (Å²) < 4.78 is 5.85. The van der Waals surface area contributed by atoms with E-state index in [2.05, 4.69) is 45.0 Å². The minimum Gasteiger partial charge on any atom is -0.376 e. The molecule has 0 bridgehead atoms. The van der Waals surface area contributed by atoms with Crippen molar-refractivity contribution >= 4 is 0 Å². The second-order valence-corrected chi connectivity index (χ2v) is 6.63. The van der Waals surface area contributed by atoms with Crippen molar-refractivity contribution in [2.24, 2.45) is 11.7 Å². The molecule has 0 aliphatic heterocycles. The molecule has 106 valence electrons. The zero-order chi connectivity index (χ0) is 13.9. The van der Waals surface area contributed by atoms with Gasteiger partial charge in [0.15, 0.2) is 0 Å². The third-order valence-corrected chi connectivity index (χ3v) is 3.97. The Morgan fingerprint density at radius 1 is 1.26 bits per heavy atom. The summed E-state index contributed by atoms with van der Waals surface area (Å²) in [7, 11) is 0. The first kappa shape index (κ1) is 14.5. The summed E-state index contributed by atoms with van der Waals surface area (Å²) in [6.45, 7) is 7.13. The zero-order valence-corrected chi connectivity index (χ0v) is 12.5. The second kappa shape index (κ2) is 6.06. The molecule has 2 rings (SSSR count). The lowest BCUT2D eigenvalue weighted by atomic mass is 9.89. The third-order valence-electron chi connectivity index (χ3n) is 3.97. The Morgan fingerprint density at radius 3 is 2.74 bits per heavy atom. The Kier molecular flexibility index (Phi) is 4.64. The molecule has 0 saturated carbocycles. The lowest BCUT2D eigenvalue weighted by molar-refractivity contribution is -0.0109. The maximum absolute atomic E-state index is 6.48. The Hall–Kier alpha value is -0.860. The topological polar surface area (TPSA) is 35.2 Å². The third kappa shape index (κ3) is 4.05. The van der Waals surface area contributed by atoms with Gasteiger partial charge in [-0.2, -0.15) is 0 Å². The van der Waals surface area contributed by atoms with Crippen molar-refractivity contribution in [3.63, 3.8) is 0 Å². The van der Waals surface area contributed by atoms with Gasteiger partial charge in [0.1, 0.15) is 0 Å². The summed E-state index contributed by atoms with van der Waals surface area (Å²) in [5, 5.41) is 0. The summed E-state index contributed by atoms with van der Waals surface area (Å²) in [5.74, 6) is 0.547. The molecule has 0 saturated heterocycles. The first-order chi connectivity index (χ1) is 8.97. The number of rotatable bonds is 3. The van der Waals surface area contributed by atoms with Crippen LogP contribution in [0.2, 0.25) is 0 Å². The fourth-order valence-electron chi connectivity index (χ4n) is 2.92. The van der Waals surface area contributed by atoms with E-state index in [9.17, 15) is 0 Å². The summed E-state index contributed by atoms with van der Waals surface area (Å²) >= 11 is 0. The molecule has 0 amide bonds. The highest BCUT2D eigenvalue weighted by Gasteiger charge is 2.24. The van der Waals surface area contributed by atoms with E-state index in [0.717, 1.165) is 13.0 Å². The predicted octanol–water partition coefficient (Wildman–Crippen LogP) is 3.84. The first-order valence-corrected chi connectivity index (χ1v) is 7.45. The van der Waals surface area contributed by atoms with Crippen LogP contribution in [-0.2, 0) is 11.2 Å². The van der Waals surface area contributed by atoms with Gasteiger partial charge in [-0.05, 0) is 63.5 Å². The largest absolute Gasteiger partial charge is 0.376 e. The van der Waals surface area contributed by atoms with Crippen LogP contribution in [0, 0.1) is 5.92 Å². The van der Waals surface area contributed by atoms with E-state index < -0.39 is 0 Å². The molecule has 2 heteroatoms. The molecule has 1 aliphatic rings. The second-order valence-electron chi connectivity index (χ2n) is 6.63. The molecule has 0 fully saturated rings. The van der Waals surface area contributed by atoms with Crippen molar-refractivity contribution in [1.29, 1.82) is 0 Å². The van der Waals surface area contributed by atoms with Gasteiger partial charge in [0.05, 0.1) is 5.60 Å². The minimum absolute atomic E-state index is 0.0489. The lowest BCUT2D eigenvalue weighted by Crippen LogP contribution is -2.25. The number of benzene rings is 1. The molecule has 0 aromatic heterocycles. The summed E-state index contributed by atoms with van der Waals surface area (Å²) in [6.07, 6.45) is 4.68. The fourth-order valence-corrected chi connectivity index (χ4v) is 2.92. The minimum atomic E-state index is -0.0489. The Balaban J connectivity index is 1.99. The van der Waals surface area contributed by atoms with Crippen LogP contribution in [0.4, 0.5) is 0 Å². The molecule has 2 atom stereocenters. The molecular weight excluding hydrogens is 234 g/mol. The van der Waals surface area contributed by atoms with Gasteiger partial charge in [0, 0.05) is 12.6 Å². The molecule has 0 spiro atoms. The van der Waals surface area contributed by atoms with Crippen molar-refractivity contribution in [2.75, 3.05) is 6.61 Å². The van der Waals surface area contributed by atoms with Gasteiger partial charge < -0.3 is 10.5 Å². The van der Waals surface area contributed by atoms with Crippen molar-refractivity contribution in [3.05, 3.63) is 35.4 Å². The molecule has 2 nitrogen and oxygen atoms in total. The molecule has 0 heterocycles. The summed E-state index contributed by atoms with van der Waals surface area (Å²) in [6, 6.07) is 8.82. The van der Waals surface area contributed by atoms with Crippen LogP contribution in [0.1, 0.15) is 57.2 Å². The van der Waals surface area contributed by atoms with Gasteiger partial charge in [0.2, 0.25) is 0 Å². The van der Waals surface area contributed by atoms with E-state index in [0.29, 0.717) is 5.92 Å². The maximum atomic E-state index is 6.48. The van der Waals surface area contributed by atoms with E-state index in [-0.39, 0.29) is 11.6 Å². The average molecular weight is 261 g/mol. The molecule has 19 heavy (non-hydrogen) atoms. The van der Waals surface area contributed by atoms with Crippen molar-refractivity contribution < 1.29 is 4.74 Å². The van der Waals surface area contributed by atoms with Crippen LogP contribution < -0.4 is 5.73 Å². The van der Waals surface area contributed by atoms with Crippen LogP contribution in [0.5, 0.6) is 0 Å². The average Bonchev–Trinajstić information content (AvgIpc) is 2.49. The Bertz CT molecular complexity index is 408. The van der Waals surface area contributed by atoms with Crippen LogP contribution in [-0.4, -0.2) is 12.2 Å².